The first kappa shape index (κ1) is 16.1. The van der Waals surface area contributed by atoms with Crippen molar-refractivity contribution in [2.75, 3.05) is 0 Å². The molecule has 120 valence electrons. The van der Waals surface area contributed by atoms with Gasteiger partial charge in [-0.3, -0.25) is 0 Å². The number of hydrogen-bond donors (Lipinski definition) is 0. The third kappa shape index (κ3) is 3.03. The van der Waals surface area contributed by atoms with Gasteiger partial charge in [-0.1, -0.05) is 19.1 Å². The van der Waals surface area contributed by atoms with Crippen molar-refractivity contribution in [3.05, 3.63) is 47.0 Å². The average Bonchev–Trinajstić information content (AvgIpc) is 2.95. The fourth-order valence-corrected chi connectivity index (χ4v) is 4.16. The first-order valence-electron chi connectivity index (χ1n) is 6.97. The lowest BCUT2D eigenvalue weighted by atomic mass is 9.89. The Labute approximate surface area is 138 Å². The highest BCUT2D eigenvalue weighted by Gasteiger charge is 2.31. The molecule has 0 saturated carbocycles. The Morgan fingerprint density at radius 3 is 2.78 bits per heavy atom. The molecule has 1 aromatic carbocycles. The molecule has 0 radical (unpaired) electrons. The standard InChI is InChI=1S/C16H12F3NOS2/c1-2-10-11(4-3-5-13(10)23-21)15-20-12-8-9(16(17,18)19)6-7-14(12)22-15/h3-8,10H,2H2,1H3. The molecule has 1 unspecified atom stereocenters. The van der Waals surface area contributed by atoms with Gasteiger partial charge in [0.2, 0.25) is 0 Å². The van der Waals surface area contributed by atoms with Crippen LogP contribution in [0.1, 0.15) is 23.9 Å². The molecule has 1 aliphatic rings. The summed E-state index contributed by atoms with van der Waals surface area (Å²) in [5, 5.41) is 0.669. The van der Waals surface area contributed by atoms with Crippen LogP contribution in [0.3, 0.4) is 0 Å². The first-order valence-corrected chi connectivity index (χ1v) is 8.53. The summed E-state index contributed by atoms with van der Waals surface area (Å²) in [6, 6.07) is 3.59. The maximum absolute atomic E-state index is 12.8. The van der Waals surface area contributed by atoms with Gasteiger partial charge in [-0.05, 0) is 36.3 Å². The molecule has 7 heteroatoms. The summed E-state index contributed by atoms with van der Waals surface area (Å²) < 4.78 is 50.3. The third-order valence-electron chi connectivity index (χ3n) is 3.72. The van der Waals surface area contributed by atoms with E-state index < -0.39 is 11.7 Å². The molecule has 0 N–H and O–H groups in total. The van der Waals surface area contributed by atoms with Crippen LogP contribution in [-0.2, 0) is 17.4 Å². The van der Waals surface area contributed by atoms with Crippen LogP contribution in [0.5, 0.6) is 0 Å². The van der Waals surface area contributed by atoms with Crippen LogP contribution in [0, 0.1) is 5.92 Å². The van der Waals surface area contributed by atoms with E-state index in [2.05, 4.69) is 4.98 Å². The quantitative estimate of drug-likeness (QED) is 0.732. The van der Waals surface area contributed by atoms with Gasteiger partial charge in [0, 0.05) is 5.92 Å². The van der Waals surface area contributed by atoms with E-state index in [1.165, 1.54) is 17.4 Å². The second-order valence-electron chi connectivity index (χ2n) is 5.13. The van der Waals surface area contributed by atoms with Gasteiger partial charge in [-0.2, -0.15) is 13.2 Å². The monoisotopic (exact) mass is 355 g/mol. The van der Waals surface area contributed by atoms with E-state index in [9.17, 15) is 17.4 Å². The molecule has 0 bridgehead atoms. The molecule has 0 saturated heterocycles. The maximum atomic E-state index is 12.8. The van der Waals surface area contributed by atoms with Crippen molar-refractivity contribution in [2.24, 2.45) is 5.92 Å². The predicted octanol–water partition coefficient (Wildman–Crippen LogP) is 4.68. The Bertz CT molecular complexity index is 873. The van der Waals surface area contributed by atoms with E-state index in [0.29, 0.717) is 31.3 Å². The van der Waals surface area contributed by atoms with Crippen molar-refractivity contribution in [1.82, 2.24) is 4.98 Å². The second kappa shape index (κ2) is 6.05. The van der Waals surface area contributed by atoms with Crippen molar-refractivity contribution < 1.29 is 17.4 Å². The summed E-state index contributed by atoms with van der Waals surface area (Å²) in [5.41, 5.74) is 0.526. The van der Waals surface area contributed by atoms with E-state index in [1.807, 2.05) is 13.0 Å². The van der Waals surface area contributed by atoms with Gasteiger partial charge in [0.05, 0.1) is 31.9 Å². The van der Waals surface area contributed by atoms with Crippen LogP contribution in [0.15, 0.2) is 36.4 Å². The van der Waals surface area contributed by atoms with Crippen molar-refractivity contribution in [1.29, 1.82) is 0 Å². The molecule has 2 aromatic rings. The van der Waals surface area contributed by atoms with Gasteiger partial charge in [0.25, 0.3) is 0 Å². The number of alkyl halides is 3. The molecule has 0 fully saturated rings. The number of halogens is 3. The number of fused-ring (bicyclic) bond motifs is 1. The topological polar surface area (TPSA) is 30.0 Å². The van der Waals surface area contributed by atoms with Crippen molar-refractivity contribution >= 4 is 43.2 Å². The van der Waals surface area contributed by atoms with Gasteiger partial charge in [0.1, 0.15) is 5.01 Å². The lowest BCUT2D eigenvalue weighted by molar-refractivity contribution is -0.137. The summed E-state index contributed by atoms with van der Waals surface area (Å²) in [4.78, 5) is 5.08. The van der Waals surface area contributed by atoms with Gasteiger partial charge in [-0.25, -0.2) is 9.19 Å². The molecule has 2 nitrogen and oxygen atoms in total. The number of allylic oxidation sites excluding steroid dienone is 4. The molecule has 1 aliphatic carbocycles. The first-order chi connectivity index (χ1) is 10.9. The molecule has 1 atom stereocenters. The van der Waals surface area contributed by atoms with E-state index in [4.69, 9.17) is 0 Å². The minimum atomic E-state index is -4.38. The van der Waals surface area contributed by atoms with Crippen LogP contribution in [-0.4, -0.2) is 14.1 Å². The predicted molar refractivity (Wildman–Crippen MR) is 88.7 cm³/mol. The number of rotatable bonds is 2. The normalized spacial score (nSPS) is 18.3. The third-order valence-corrected chi connectivity index (χ3v) is 5.42. The smallest absolute Gasteiger partial charge is 0.236 e. The lowest BCUT2D eigenvalue weighted by Crippen LogP contribution is -2.15. The fourth-order valence-electron chi connectivity index (χ4n) is 2.59. The molecule has 23 heavy (non-hydrogen) atoms. The average molecular weight is 355 g/mol. The minimum absolute atomic E-state index is 0.0508. The summed E-state index contributed by atoms with van der Waals surface area (Å²) in [6.07, 6.45) is 1.82. The Morgan fingerprint density at radius 1 is 1.35 bits per heavy atom. The number of nitrogens with zero attached hydrogens (tertiary/aromatic N) is 1. The number of benzene rings is 1. The zero-order valence-electron chi connectivity index (χ0n) is 12.1. The fraction of sp³-hybridized carbons (Fsp3) is 0.250. The highest BCUT2D eigenvalue weighted by Crippen LogP contribution is 2.37. The molecule has 1 aromatic heterocycles. The summed E-state index contributed by atoms with van der Waals surface area (Å²) in [6.45, 7) is 1.98. The van der Waals surface area contributed by atoms with Crippen LogP contribution in [0.4, 0.5) is 13.2 Å². The van der Waals surface area contributed by atoms with Crippen LogP contribution in [0.25, 0.3) is 15.8 Å². The minimum Gasteiger partial charge on any atom is -0.236 e. The lowest BCUT2D eigenvalue weighted by Gasteiger charge is -2.18. The number of thiazole rings is 1. The molecule has 0 aliphatic heterocycles. The molecule has 0 spiro atoms. The van der Waals surface area contributed by atoms with E-state index in [0.717, 1.165) is 24.1 Å². The van der Waals surface area contributed by atoms with Crippen LogP contribution >= 0.6 is 11.3 Å². The zero-order chi connectivity index (χ0) is 16.6. The summed E-state index contributed by atoms with van der Waals surface area (Å²) in [7, 11) is 0. The SMILES string of the molecule is CCC1C(c2nc3cc(C(F)(F)F)ccc3s2)=CC=CC1=S=O. The molecular formula is C16H12F3NOS2. The Balaban J connectivity index is 2.08. The van der Waals surface area contributed by atoms with E-state index in [1.54, 1.807) is 12.2 Å². The van der Waals surface area contributed by atoms with Crippen LogP contribution < -0.4 is 0 Å². The van der Waals surface area contributed by atoms with Gasteiger partial charge < -0.3 is 0 Å². The molecular weight excluding hydrogens is 343 g/mol. The summed E-state index contributed by atoms with van der Waals surface area (Å²) >= 11 is 1.81. The zero-order valence-corrected chi connectivity index (χ0v) is 13.7. The van der Waals surface area contributed by atoms with Crippen molar-refractivity contribution in [2.45, 2.75) is 19.5 Å². The molecule has 1 heterocycles. The highest BCUT2D eigenvalue weighted by atomic mass is 32.1. The molecule has 0 amide bonds. The highest BCUT2D eigenvalue weighted by molar-refractivity contribution is 7.67. The molecule has 3 rings (SSSR count). The summed E-state index contributed by atoms with van der Waals surface area (Å²) in [5.74, 6) is -0.0508. The van der Waals surface area contributed by atoms with E-state index >= 15 is 0 Å². The number of aromatic nitrogens is 1. The Hall–Kier alpha value is -1.73. The van der Waals surface area contributed by atoms with Crippen LogP contribution in [0.2, 0.25) is 0 Å². The van der Waals surface area contributed by atoms with Gasteiger partial charge >= 0.3 is 6.18 Å². The second-order valence-corrected chi connectivity index (χ2v) is 6.80. The Kier molecular flexibility index (Phi) is 4.25. The largest absolute Gasteiger partial charge is 0.416 e. The van der Waals surface area contributed by atoms with Crippen molar-refractivity contribution in [3.63, 3.8) is 0 Å². The Morgan fingerprint density at radius 2 is 2.13 bits per heavy atom. The number of hydrogen-bond acceptors (Lipinski definition) is 3. The van der Waals surface area contributed by atoms with Gasteiger partial charge in [-0.15, -0.1) is 11.3 Å². The maximum Gasteiger partial charge on any atom is 0.416 e. The van der Waals surface area contributed by atoms with Gasteiger partial charge in [0.15, 0.2) is 0 Å². The van der Waals surface area contributed by atoms with Crippen molar-refractivity contribution in [3.8, 4) is 0 Å². The van der Waals surface area contributed by atoms with E-state index in [-0.39, 0.29) is 5.92 Å².